The van der Waals surface area contributed by atoms with Crippen molar-refractivity contribution in [2.24, 2.45) is 23.7 Å². The van der Waals surface area contributed by atoms with Crippen LogP contribution in [-0.4, -0.2) is 34.2 Å². The van der Waals surface area contributed by atoms with E-state index in [-0.39, 0.29) is 42.0 Å². The molecule has 4 rings (SSSR count). The summed E-state index contributed by atoms with van der Waals surface area (Å²) < 4.78 is 0. The summed E-state index contributed by atoms with van der Waals surface area (Å²) in [4.78, 5) is 42.1. The number of nitrogens with zero attached hydrogens (tertiary/aromatic N) is 2. The number of pyridine rings is 1. The molecule has 3 aliphatic rings. The van der Waals surface area contributed by atoms with Crippen molar-refractivity contribution in [3.8, 4) is 0 Å². The maximum absolute atomic E-state index is 12.5. The maximum Gasteiger partial charge on any atom is 0.245 e. The summed E-state index contributed by atoms with van der Waals surface area (Å²) in [6.45, 7) is -0.269. The summed E-state index contributed by atoms with van der Waals surface area (Å²) in [6, 6.07) is 3.16. The number of hydrogen-bond acceptors (Lipinski definition) is 4. The van der Waals surface area contributed by atoms with Crippen molar-refractivity contribution in [1.29, 1.82) is 0 Å². The van der Waals surface area contributed by atoms with Crippen molar-refractivity contribution in [3.05, 3.63) is 35.5 Å². The van der Waals surface area contributed by atoms with Crippen molar-refractivity contribution < 1.29 is 14.4 Å². The number of aromatic nitrogens is 1. The van der Waals surface area contributed by atoms with Crippen molar-refractivity contribution in [2.75, 3.05) is 11.9 Å². The number of carbonyl (C=O) groups is 3. The fourth-order valence-electron chi connectivity index (χ4n) is 3.90. The number of anilines is 1. The molecule has 0 radical (unpaired) electrons. The second-order valence-electron chi connectivity index (χ2n) is 6.17. The molecule has 0 aromatic carbocycles. The highest BCUT2D eigenvalue weighted by atomic mass is 35.5. The van der Waals surface area contributed by atoms with Crippen LogP contribution in [0.15, 0.2) is 30.5 Å². The minimum Gasteiger partial charge on any atom is -0.309 e. The number of halogens is 1. The van der Waals surface area contributed by atoms with Crippen LogP contribution >= 0.6 is 11.6 Å². The average molecular weight is 332 g/mol. The lowest BCUT2D eigenvalue weighted by Crippen LogP contribution is -2.39. The minimum atomic E-state index is -0.443. The molecule has 23 heavy (non-hydrogen) atoms. The summed E-state index contributed by atoms with van der Waals surface area (Å²) in [7, 11) is 0. The fourth-order valence-corrected chi connectivity index (χ4v) is 4.01. The summed E-state index contributed by atoms with van der Waals surface area (Å²) in [5, 5.41) is 3.03. The number of hydrogen-bond donors (Lipinski definition) is 1. The van der Waals surface area contributed by atoms with Gasteiger partial charge in [0.2, 0.25) is 17.7 Å². The Labute approximate surface area is 137 Å². The van der Waals surface area contributed by atoms with E-state index < -0.39 is 5.91 Å². The van der Waals surface area contributed by atoms with Crippen LogP contribution in [0.25, 0.3) is 0 Å². The van der Waals surface area contributed by atoms with E-state index in [0.717, 1.165) is 11.3 Å². The predicted octanol–water partition coefficient (Wildman–Crippen LogP) is 1.48. The summed E-state index contributed by atoms with van der Waals surface area (Å²) in [6.07, 6.45) is 6.34. The van der Waals surface area contributed by atoms with Gasteiger partial charge in [-0.25, -0.2) is 4.98 Å². The Balaban J connectivity index is 1.45. The van der Waals surface area contributed by atoms with E-state index in [0.29, 0.717) is 10.8 Å². The third-order valence-electron chi connectivity index (χ3n) is 4.86. The number of imide groups is 1. The van der Waals surface area contributed by atoms with E-state index in [9.17, 15) is 14.4 Å². The Morgan fingerprint density at radius 3 is 2.43 bits per heavy atom. The first-order chi connectivity index (χ1) is 11.0. The molecule has 0 spiro atoms. The zero-order valence-electron chi connectivity index (χ0n) is 12.1. The molecule has 4 atom stereocenters. The second kappa shape index (κ2) is 5.16. The lowest BCUT2D eigenvalue weighted by molar-refractivity contribution is -0.143. The number of amides is 3. The normalized spacial score (nSPS) is 30.9. The van der Waals surface area contributed by atoms with Crippen LogP contribution in [-0.2, 0) is 14.4 Å². The molecule has 1 saturated heterocycles. The predicted molar refractivity (Wildman–Crippen MR) is 82.3 cm³/mol. The minimum absolute atomic E-state index is 0.146. The first-order valence-corrected chi connectivity index (χ1v) is 7.87. The van der Waals surface area contributed by atoms with Crippen molar-refractivity contribution >= 4 is 35.1 Å². The van der Waals surface area contributed by atoms with Crippen LogP contribution < -0.4 is 5.32 Å². The first kappa shape index (κ1) is 14.4. The number of rotatable bonds is 3. The molecule has 4 unspecified atom stereocenters. The number of allylic oxidation sites excluding steroid dienone is 2. The Hall–Kier alpha value is -2.21. The van der Waals surface area contributed by atoms with Crippen molar-refractivity contribution in [3.63, 3.8) is 0 Å². The first-order valence-electron chi connectivity index (χ1n) is 7.49. The van der Waals surface area contributed by atoms with Gasteiger partial charge in [0.15, 0.2) is 0 Å². The van der Waals surface area contributed by atoms with Crippen LogP contribution in [0.2, 0.25) is 5.02 Å². The van der Waals surface area contributed by atoms with Gasteiger partial charge < -0.3 is 5.32 Å². The molecule has 1 aromatic heterocycles. The molecule has 1 saturated carbocycles. The lowest BCUT2D eigenvalue weighted by atomic mass is 9.85. The molecule has 1 aromatic rings. The van der Waals surface area contributed by atoms with Crippen LogP contribution in [0.1, 0.15) is 6.42 Å². The standard InChI is InChI=1S/C16H14ClN3O3/c17-10-3-4-11(18-6-10)19-12(21)7-20-15(22)13-8-1-2-9(5-8)14(13)16(20)23/h1-4,6,8-9,13-14H,5,7H2,(H,18,19,21). The number of likely N-dealkylation sites (tertiary alicyclic amines) is 1. The van der Waals surface area contributed by atoms with Gasteiger partial charge in [-0.3, -0.25) is 19.3 Å². The molecule has 1 N–H and O–H groups in total. The Morgan fingerprint density at radius 2 is 1.87 bits per heavy atom. The van der Waals surface area contributed by atoms with Gasteiger partial charge in [0, 0.05) is 6.20 Å². The van der Waals surface area contributed by atoms with Gasteiger partial charge in [0.05, 0.1) is 16.9 Å². The van der Waals surface area contributed by atoms with E-state index >= 15 is 0 Å². The van der Waals surface area contributed by atoms with E-state index in [2.05, 4.69) is 10.3 Å². The third kappa shape index (κ3) is 2.25. The van der Waals surface area contributed by atoms with Gasteiger partial charge in [-0.1, -0.05) is 23.8 Å². The molecule has 2 aliphatic carbocycles. The quantitative estimate of drug-likeness (QED) is 0.672. The molecule has 2 bridgehead atoms. The van der Waals surface area contributed by atoms with E-state index in [4.69, 9.17) is 11.6 Å². The van der Waals surface area contributed by atoms with Crippen molar-refractivity contribution in [2.45, 2.75) is 6.42 Å². The zero-order chi connectivity index (χ0) is 16.1. The SMILES string of the molecule is O=C(CN1C(=O)C2C3C=CC(C3)C2C1=O)Nc1ccc(Cl)cn1. The Bertz CT molecular complexity index is 701. The van der Waals surface area contributed by atoms with Crippen molar-refractivity contribution in [1.82, 2.24) is 9.88 Å². The third-order valence-corrected chi connectivity index (χ3v) is 5.08. The van der Waals surface area contributed by atoms with Gasteiger partial charge >= 0.3 is 0 Å². The van der Waals surface area contributed by atoms with Gasteiger partial charge in [0.25, 0.3) is 0 Å². The summed E-state index contributed by atoms with van der Waals surface area (Å²) in [5.41, 5.74) is 0. The van der Waals surface area contributed by atoms with Gasteiger partial charge in [-0.15, -0.1) is 0 Å². The summed E-state index contributed by atoms with van der Waals surface area (Å²) in [5.74, 6) is -0.827. The van der Waals surface area contributed by atoms with Gasteiger partial charge in [0.1, 0.15) is 12.4 Å². The maximum atomic E-state index is 12.5. The number of carbonyl (C=O) groups excluding carboxylic acids is 3. The van der Waals surface area contributed by atoms with Crippen LogP contribution in [0, 0.1) is 23.7 Å². The molecule has 2 heterocycles. The highest BCUT2D eigenvalue weighted by Gasteiger charge is 2.59. The molecule has 7 heteroatoms. The summed E-state index contributed by atoms with van der Waals surface area (Å²) >= 11 is 5.73. The molecule has 118 valence electrons. The number of nitrogens with one attached hydrogen (secondary N) is 1. The monoisotopic (exact) mass is 331 g/mol. The fraction of sp³-hybridized carbons (Fsp3) is 0.375. The molecule has 3 amide bonds. The number of fused-ring (bicyclic) bond motifs is 5. The average Bonchev–Trinajstić information content (AvgIpc) is 3.19. The van der Waals surface area contributed by atoms with Crippen LogP contribution in [0.3, 0.4) is 0 Å². The highest BCUT2D eigenvalue weighted by Crippen LogP contribution is 2.52. The van der Waals surface area contributed by atoms with Crippen LogP contribution in [0.5, 0.6) is 0 Å². The highest BCUT2D eigenvalue weighted by molar-refractivity contribution is 6.30. The molecular formula is C16H14ClN3O3. The molecule has 1 aliphatic heterocycles. The molecule has 6 nitrogen and oxygen atoms in total. The largest absolute Gasteiger partial charge is 0.309 e. The van der Waals surface area contributed by atoms with Gasteiger partial charge in [-0.2, -0.15) is 0 Å². The molecule has 2 fully saturated rings. The lowest BCUT2D eigenvalue weighted by Gasteiger charge is -2.16. The Morgan fingerprint density at radius 1 is 1.22 bits per heavy atom. The topological polar surface area (TPSA) is 79.4 Å². The van der Waals surface area contributed by atoms with Crippen LogP contribution in [0.4, 0.5) is 5.82 Å². The van der Waals surface area contributed by atoms with E-state index in [1.165, 1.54) is 6.20 Å². The second-order valence-corrected chi connectivity index (χ2v) is 6.61. The van der Waals surface area contributed by atoms with E-state index in [1.54, 1.807) is 12.1 Å². The zero-order valence-corrected chi connectivity index (χ0v) is 12.9. The smallest absolute Gasteiger partial charge is 0.245 e. The molecular weight excluding hydrogens is 318 g/mol. The van der Waals surface area contributed by atoms with E-state index in [1.807, 2.05) is 12.2 Å². The van der Waals surface area contributed by atoms with Gasteiger partial charge in [-0.05, 0) is 30.4 Å². The Kier molecular flexibility index (Phi) is 3.23.